The normalized spacial score (nSPS) is 24.1. The first-order valence-corrected chi connectivity index (χ1v) is 9.37. The van der Waals surface area contributed by atoms with E-state index in [9.17, 15) is 4.79 Å². The van der Waals surface area contributed by atoms with Gasteiger partial charge in [-0.05, 0) is 55.2 Å². The summed E-state index contributed by atoms with van der Waals surface area (Å²) < 4.78 is 16.5. The van der Waals surface area contributed by atoms with Crippen LogP contribution >= 0.6 is 0 Å². The van der Waals surface area contributed by atoms with Gasteiger partial charge >= 0.3 is 6.09 Å². The maximum atomic E-state index is 12.3. The molecule has 2 saturated heterocycles. The van der Waals surface area contributed by atoms with Crippen LogP contribution in [0.3, 0.4) is 0 Å². The van der Waals surface area contributed by atoms with Crippen LogP contribution in [0.15, 0.2) is 16.8 Å². The number of aromatic nitrogens is 2. The van der Waals surface area contributed by atoms with Crippen LogP contribution in [0, 0.1) is 6.92 Å². The summed E-state index contributed by atoms with van der Waals surface area (Å²) in [6, 6.07) is 4.16. The Labute approximate surface area is 158 Å². The van der Waals surface area contributed by atoms with Crippen molar-refractivity contribution in [2.45, 2.75) is 45.4 Å². The molecule has 1 amide bonds. The first-order chi connectivity index (χ1) is 12.8. The number of piperazine rings is 1. The zero-order chi connectivity index (χ0) is 19.2. The second-order valence-electron chi connectivity index (χ2n) is 8.31. The second kappa shape index (κ2) is 6.76. The molecule has 0 aliphatic carbocycles. The average Bonchev–Trinajstić information content (AvgIpc) is 3.09. The lowest BCUT2D eigenvalue weighted by Crippen LogP contribution is -2.60. The van der Waals surface area contributed by atoms with Gasteiger partial charge in [0.25, 0.3) is 0 Å². The number of ether oxygens (including phenoxy) is 2. The van der Waals surface area contributed by atoms with Crippen LogP contribution in [0.25, 0.3) is 11.0 Å². The highest BCUT2D eigenvalue weighted by molar-refractivity contribution is 5.78. The Morgan fingerprint density at radius 3 is 2.81 bits per heavy atom. The highest BCUT2D eigenvalue weighted by atomic mass is 16.6. The van der Waals surface area contributed by atoms with Crippen molar-refractivity contribution in [3.8, 4) is 0 Å². The van der Waals surface area contributed by atoms with Crippen molar-refractivity contribution in [1.82, 2.24) is 20.1 Å². The van der Waals surface area contributed by atoms with Gasteiger partial charge in [-0.2, -0.15) is 0 Å². The number of rotatable bonds is 1. The van der Waals surface area contributed by atoms with Gasteiger partial charge in [-0.1, -0.05) is 6.07 Å². The predicted octanol–water partition coefficient (Wildman–Crippen LogP) is 2.52. The highest BCUT2D eigenvalue weighted by Crippen LogP contribution is 2.31. The lowest BCUT2D eigenvalue weighted by molar-refractivity contribution is -0.0907. The minimum atomic E-state index is -0.478. The minimum Gasteiger partial charge on any atom is -0.444 e. The van der Waals surface area contributed by atoms with Crippen molar-refractivity contribution in [1.29, 1.82) is 0 Å². The van der Waals surface area contributed by atoms with Crippen molar-refractivity contribution < 1.29 is 18.9 Å². The Bertz CT molecular complexity index is 844. The Morgan fingerprint density at radius 2 is 2.04 bits per heavy atom. The van der Waals surface area contributed by atoms with Gasteiger partial charge in [0.1, 0.15) is 16.6 Å². The smallest absolute Gasteiger partial charge is 0.410 e. The summed E-state index contributed by atoms with van der Waals surface area (Å²) in [4.78, 5) is 16.5. The molecule has 2 aliphatic heterocycles. The quantitative estimate of drug-likeness (QED) is 0.759. The summed E-state index contributed by atoms with van der Waals surface area (Å²) in [6.07, 6.45) is -0.264. The Balaban J connectivity index is 1.43. The van der Waals surface area contributed by atoms with Crippen LogP contribution in [0.4, 0.5) is 4.79 Å². The molecular weight excluding hydrogens is 348 g/mol. The molecule has 0 spiro atoms. The lowest BCUT2D eigenvalue weighted by Gasteiger charge is -2.46. The number of carbonyl (C=O) groups is 1. The zero-order valence-electron chi connectivity index (χ0n) is 16.3. The van der Waals surface area contributed by atoms with E-state index < -0.39 is 5.60 Å². The number of nitrogens with zero attached hydrogens (tertiary/aromatic N) is 4. The molecule has 0 radical (unpaired) electrons. The third kappa shape index (κ3) is 3.64. The molecule has 8 nitrogen and oxygen atoms in total. The van der Waals surface area contributed by atoms with Crippen LogP contribution in [0.1, 0.15) is 38.0 Å². The van der Waals surface area contributed by atoms with E-state index in [1.54, 1.807) is 4.90 Å². The fourth-order valence-electron chi connectivity index (χ4n) is 3.81. The fourth-order valence-corrected chi connectivity index (χ4v) is 3.81. The van der Waals surface area contributed by atoms with Crippen LogP contribution in [-0.4, -0.2) is 70.6 Å². The molecule has 8 heteroatoms. The largest absolute Gasteiger partial charge is 0.444 e. The van der Waals surface area contributed by atoms with Gasteiger partial charge < -0.3 is 14.4 Å². The summed E-state index contributed by atoms with van der Waals surface area (Å²) in [5.74, 6) is 0. The summed E-state index contributed by atoms with van der Waals surface area (Å²) in [5.41, 5.74) is 3.23. The maximum Gasteiger partial charge on any atom is 0.410 e. The second-order valence-corrected chi connectivity index (χ2v) is 8.31. The number of hydrogen-bond donors (Lipinski definition) is 0. The van der Waals surface area contributed by atoms with Gasteiger partial charge in [0.05, 0.1) is 18.8 Å². The molecule has 1 aromatic carbocycles. The molecular formula is C19H26N4O4. The molecule has 1 aromatic heterocycles. The fraction of sp³-hybridized carbons (Fsp3) is 0.632. The summed E-state index contributed by atoms with van der Waals surface area (Å²) in [6.45, 7) is 11.2. The Hall–Kier alpha value is -2.19. The highest BCUT2D eigenvalue weighted by Gasteiger charge is 2.37. The Morgan fingerprint density at radius 1 is 1.22 bits per heavy atom. The molecule has 0 N–H and O–H groups in total. The molecule has 4 rings (SSSR count). The van der Waals surface area contributed by atoms with E-state index in [0.29, 0.717) is 19.7 Å². The lowest BCUT2D eigenvalue weighted by atomic mass is 9.99. The van der Waals surface area contributed by atoms with Gasteiger partial charge in [0.15, 0.2) is 0 Å². The third-order valence-electron chi connectivity index (χ3n) is 5.22. The SMILES string of the molecule is Cc1c([C@H]2CN3CCN(C(=O)OC(C)(C)C)C[C@H]3CO2)ccc2nonc12. The standard InChI is InChI=1S/C19H26N4O4/c1-12-14(5-6-15-17(12)21-27-20-15)16-10-22-7-8-23(9-13(22)11-25-16)18(24)26-19(2,3)4/h5-6,13,16H,7-11H2,1-4H3/t13-,16+/m0/s1. The van der Waals surface area contributed by atoms with Gasteiger partial charge in [0.2, 0.25) is 0 Å². The third-order valence-corrected chi connectivity index (χ3v) is 5.22. The van der Waals surface area contributed by atoms with Crippen molar-refractivity contribution >= 4 is 17.1 Å². The minimum absolute atomic E-state index is 0.0181. The summed E-state index contributed by atoms with van der Waals surface area (Å²) in [7, 11) is 0. The Kier molecular flexibility index (Phi) is 4.55. The number of morpholine rings is 1. The number of hydrogen-bond acceptors (Lipinski definition) is 7. The van der Waals surface area contributed by atoms with Gasteiger partial charge in [-0.3, -0.25) is 4.90 Å². The topological polar surface area (TPSA) is 80.9 Å². The molecule has 2 fully saturated rings. The number of aryl methyl sites for hydroxylation is 1. The van der Waals surface area contributed by atoms with Gasteiger partial charge in [0, 0.05) is 26.2 Å². The number of carbonyl (C=O) groups excluding carboxylic acids is 1. The van der Waals surface area contributed by atoms with Crippen LogP contribution < -0.4 is 0 Å². The number of benzene rings is 1. The van der Waals surface area contributed by atoms with E-state index in [1.165, 1.54) is 0 Å². The van der Waals surface area contributed by atoms with Gasteiger partial charge in [-0.15, -0.1) is 0 Å². The monoisotopic (exact) mass is 374 g/mol. The first kappa shape index (κ1) is 18.2. The molecule has 2 aromatic rings. The molecule has 2 atom stereocenters. The number of fused-ring (bicyclic) bond motifs is 2. The van der Waals surface area contributed by atoms with Crippen LogP contribution in [0.2, 0.25) is 0 Å². The molecule has 0 unspecified atom stereocenters. The molecule has 0 bridgehead atoms. The summed E-state index contributed by atoms with van der Waals surface area (Å²) in [5, 5.41) is 7.90. The van der Waals surface area contributed by atoms with Crippen molar-refractivity contribution in [3.05, 3.63) is 23.3 Å². The van der Waals surface area contributed by atoms with Crippen LogP contribution in [-0.2, 0) is 9.47 Å². The van der Waals surface area contributed by atoms with E-state index in [1.807, 2.05) is 39.8 Å². The molecule has 146 valence electrons. The van der Waals surface area contributed by atoms with Crippen molar-refractivity contribution in [2.75, 3.05) is 32.8 Å². The molecule has 3 heterocycles. The first-order valence-electron chi connectivity index (χ1n) is 9.37. The van der Waals surface area contributed by atoms with E-state index in [4.69, 9.17) is 14.1 Å². The van der Waals surface area contributed by atoms with E-state index >= 15 is 0 Å². The van der Waals surface area contributed by atoms with E-state index in [0.717, 1.165) is 35.2 Å². The van der Waals surface area contributed by atoms with E-state index in [-0.39, 0.29) is 18.2 Å². The number of amides is 1. The van der Waals surface area contributed by atoms with E-state index in [2.05, 4.69) is 15.2 Å². The maximum absolute atomic E-state index is 12.3. The molecule has 27 heavy (non-hydrogen) atoms. The van der Waals surface area contributed by atoms with Crippen molar-refractivity contribution in [3.63, 3.8) is 0 Å². The zero-order valence-corrected chi connectivity index (χ0v) is 16.3. The van der Waals surface area contributed by atoms with Crippen molar-refractivity contribution in [2.24, 2.45) is 0 Å². The molecule has 2 aliphatic rings. The van der Waals surface area contributed by atoms with Crippen LogP contribution in [0.5, 0.6) is 0 Å². The predicted molar refractivity (Wildman–Crippen MR) is 98.4 cm³/mol. The molecule has 0 saturated carbocycles. The average molecular weight is 374 g/mol. The summed E-state index contributed by atoms with van der Waals surface area (Å²) >= 11 is 0. The van der Waals surface area contributed by atoms with Gasteiger partial charge in [-0.25, -0.2) is 9.42 Å².